The van der Waals surface area contributed by atoms with E-state index in [1.807, 2.05) is 67.6 Å². The Morgan fingerprint density at radius 2 is 1.63 bits per heavy atom. The van der Waals surface area contributed by atoms with E-state index in [9.17, 15) is 9.90 Å². The first kappa shape index (κ1) is 18.2. The predicted octanol–water partition coefficient (Wildman–Crippen LogP) is 3.98. The summed E-state index contributed by atoms with van der Waals surface area (Å²) >= 11 is 0. The van der Waals surface area contributed by atoms with E-state index in [1.165, 1.54) is 0 Å². The van der Waals surface area contributed by atoms with Crippen LogP contribution in [0.5, 0.6) is 0 Å². The van der Waals surface area contributed by atoms with Crippen LogP contribution in [-0.4, -0.2) is 27.9 Å². The molecule has 1 N–H and O–H groups in total. The molecule has 1 amide bonds. The van der Waals surface area contributed by atoms with Crippen molar-refractivity contribution in [3.05, 3.63) is 71.8 Å². The summed E-state index contributed by atoms with van der Waals surface area (Å²) in [5, 5.41) is 11.3. The van der Waals surface area contributed by atoms with Gasteiger partial charge in [0.25, 0.3) is 0 Å². The summed E-state index contributed by atoms with van der Waals surface area (Å²) in [5.74, 6) is -0.0738. The van der Waals surface area contributed by atoms with Crippen molar-refractivity contribution in [2.24, 2.45) is 0 Å². The van der Waals surface area contributed by atoms with E-state index in [2.05, 4.69) is 0 Å². The minimum atomic E-state index is -1.01. The number of hydrogen-bond acceptors (Lipinski definition) is 3. The van der Waals surface area contributed by atoms with E-state index in [-0.39, 0.29) is 12.3 Å². The molecule has 27 heavy (non-hydrogen) atoms. The van der Waals surface area contributed by atoms with Gasteiger partial charge in [-0.05, 0) is 43.7 Å². The average molecular weight is 365 g/mol. The molecule has 1 spiro atoms. The third-order valence-corrected chi connectivity index (χ3v) is 6.03. The van der Waals surface area contributed by atoms with Crippen molar-refractivity contribution in [3.8, 4) is 0 Å². The zero-order valence-corrected chi connectivity index (χ0v) is 15.8. The molecule has 2 aromatic carbocycles. The topological polar surface area (TPSA) is 49.8 Å². The highest BCUT2D eigenvalue weighted by atomic mass is 16.6. The summed E-state index contributed by atoms with van der Waals surface area (Å²) in [7, 11) is 0. The summed E-state index contributed by atoms with van der Waals surface area (Å²) < 4.78 is 6.60. The lowest BCUT2D eigenvalue weighted by atomic mass is 9.90. The maximum atomic E-state index is 13.3. The van der Waals surface area contributed by atoms with E-state index in [4.69, 9.17) is 4.74 Å². The van der Waals surface area contributed by atoms with Crippen LogP contribution in [0.15, 0.2) is 60.7 Å². The fourth-order valence-electron chi connectivity index (χ4n) is 4.61. The van der Waals surface area contributed by atoms with Crippen LogP contribution < -0.4 is 0 Å². The highest BCUT2D eigenvalue weighted by Gasteiger charge is 2.60. The highest BCUT2D eigenvalue weighted by molar-refractivity contribution is 5.80. The molecule has 2 atom stereocenters. The third kappa shape index (κ3) is 3.17. The molecule has 1 aliphatic heterocycles. The van der Waals surface area contributed by atoms with Crippen LogP contribution >= 0.6 is 0 Å². The van der Waals surface area contributed by atoms with E-state index >= 15 is 0 Å². The molecular formula is C23H27NO3. The Bertz CT molecular complexity index is 786. The van der Waals surface area contributed by atoms with Gasteiger partial charge in [-0.1, -0.05) is 67.1 Å². The van der Waals surface area contributed by atoms with Gasteiger partial charge in [0.15, 0.2) is 6.23 Å². The summed E-state index contributed by atoms with van der Waals surface area (Å²) in [5.41, 5.74) is 0.213. The molecule has 1 heterocycles. The van der Waals surface area contributed by atoms with Crippen molar-refractivity contribution < 1.29 is 14.6 Å². The average Bonchev–Trinajstić information content (AvgIpc) is 2.91. The van der Waals surface area contributed by atoms with Gasteiger partial charge in [0.1, 0.15) is 11.3 Å². The van der Waals surface area contributed by atoms with E-state index in [0.717, 1.165) is 43.2 Å². The highest BCUT2D eigenvalue weighted by Crippen LogP contribution is 2.50. The van der Waals surface area contributed by atoms with Crippen molar-refractivity contribution >= 4 is 5.91 Å². The van der Waals surface area contributed by atoms with Crippen LogP contribution in [0.25, 0.3) is 0 Å². The Hall–Kier alpha value is -2.17. The number of carbonyl (C=O) groups excluding carboxylic acids is 1. The lowest BCUT2D eigenvalue weighted by Crippen LogP contribution is -2.53. The van der Waals surface area contributed by atoms with Crippen LogP contribution in [0.4, 0.5) is 0 Å². The van der Waals surface area contributed by atoms with Crippen LogP contribution in [-0.2, 0) is 21.6 Å². The smallest absolute Gasteiger partial charge is 0.231 e. The molecule has 2 aliphatic rings. The fraction of sp³-hybridized carbons (Fsp3) is 0.435. The zero-order valence-electron chi connectivity index (χ0n) is 15.8. The molecule has 1 aliphatic carbocycles. The van der Waals surface area contributed by atoms with Crippen molar-refractivity contribution in [1.82, 2.24) is 4.90 Å². The summed E-state index contributed by atoms with van der Waals surface area (Å²) in [4.78, 5) is 14.9. The lowest BCUT2D eigenvalue weighted by Gasteiger charge is -2.40. The largest absolute Gasteiger partial charge is 0.370 e. The molecule has 4 rings (SSSR count). The summed E-state index contributed by atoms with van der Waals surface area (Å²) in [6, 6.07) is 19.5. The van der Waals surface area contributed by atoms with Crippen LogP contribution in [0, 0.1) is 0 Å². The number of aliphatic hydroxyl groups excluding tert-OH is 1. The Kier molecular flexibility index (Phi) is 4.79. The number of aliphatic hydroxyl groups is 1. The second-order valence-corrected chi connectivity index (χ2v) is 7.88. The first-order valence-corrected chi connectivity index (χ1v) is 9.85. The molecule has 142 valence electrons. The predicted molar refractivity (Wildman–Crippen MR) is 104 cm³/mol. The standard InChI is InChI=1S/C23H27NO3/c1-22(19-13-7-3-8-14-19)21(26)24(23(27-22)15-9-4-10-16-23)20(25)17-18-11-5-2-6-12-18/h2-3,5-8,11-14,21,26H,4,9-10,15-17H2,1H3. The number of nitrogens with zero attached hydrogens (tertiary/aromatic N) is 1. The molecule has 4 heteroatoms. The molecular weight excluding hydrogens is 338 g/mol. The van der Waals surface area contributed by atoms with Crippen molar-refractivity contribution in [2.45, 2.75) is 63.0 Å². The van der Waals surface area contributed by atoms with Crippen LogP contribution in [0.2, 0.25) is 0 Å². The van der Waals surface area contributed by atoms with Gasteiger partial charge in [0, 0.05) is 0 Å². The van der Waals surface area contributed by atoms with Gasteiger partial charge < -0.3 is 9.84 Å². The lowest BCUT2D eigenvalue weighted by molar-refractivity contribution is -0.171. The number of carbonyl (C=O) groups is 1. The van der Waals surface area contributed by atoms with Crippen molar-refractivity contribution in [2.75, 3.05) is 0 Å². The van der Waals surface area contributed by atoms with Gasteiger partial charge in [-0.15, -0.1) is 0 Å². The summed E-state index contributed by atoms with van der Waals surface area (Å²) in [6.07, 6.45) is 3.96. The molecule has 1 saturated heterocycles. The fourth-order valence-corrected chi connectivity index (χ4v) is 4.61. The molecule has 4 nitrogen and oxygen atoms in total. The van der Waals surface area contributed by atoms with E-state index in [1.54, 1.807) is 4.90 Å². The first-order chi connectivity index (χ1) is 13.1. The van der Waals surface area contributed by atoms with E-state index < -0.39 is 17.6 Å². The number of amides is 1. The number of ether oxygens (including phenoxy) is 1. The maximum absolute atomic E-state index is 13.3. The molecule has 2 fully saturated rings. The minimum absolute atomic E-state index is 0.0738. The maximum Gasteiger partial charge on any atom is 0.231 e. The molecule has 2 unspecified atom stereocenters. The Morgan fingerprint density at radius 3 is 2.26 bits per heavy atom. The number of hydrogen-bond donors (Lipinski definition) is 1. The molecule has 0 bridgehead atoms. The normalized spacial score (nSPS) is 27.0. The SMILES string of the molecule is CC1(c2ccccc2)OC2(CCCCC2)N(C(=O)Cc2ccccc2)C1O. The Balaban J connectivity index is 1.70. The van der Waals surface area contributed by atoms with Crippen molar-refractivity contribution in [3.63, 3.8) is 0 Å². The second kappa shape index (κ2) is 7.10. The quantitative estimate of drug-likeness (QED) is 0.895. The third-order valence-electron chi connectivity index (χ3n) is 6.03. The molecule has 0 radical (unpaired) electrons. The van der Waals surface area contributed by atoms with Crippen LogP contribution in [0.1, 0.15) is 50.2 Å². The monoisotopic (exact) mass is 365 g/mol. The number of rotatable bonds is 3. The van der Waals surface area contributed by atoms with Crippen molar-refractivity contribution in [1.29, 1.82) is 0 Å². The minimum Gasteiger partial charge on any atom is -0.370 e. The Morgan fingerprint density at radius 1 is 1.04 bits per heavy atom. The molecule has 1 saturated carbocycles. The van der Waals surface area contributed by atoms with Gasteiger partial charge in [0.2, 0.25) is 5.91 Å². The van der Waals surface area contributed by atoms with Gasteiger partial charge in [-0.3, -0.25) is 9.69 Å². The molecule has 0 aromatic heterocycles. The van der Waals surface area contributed by atoms with E-state index in [0.29, 0.717) is 0 Å². The van der Waals surface area contributed by atoms with Gasteiger partial charge >= 0.3 is 0 Å². The van der Waals surface area contributed by atoms with Gasteiger partial charge in [-0.2, -0.15) is 0 Å². The van der Waals surface area contributed by atoms with Gasteiger partial charge in [0.05, 0.1) is 6.42 Å². The summed E-state index contributed by atoms with van der Waals surface area (Å²) in [6.45, 7) is 1.90. The Labute approximate surface area is 160 Å². The second-order valence-electron chi connectivity index (χ2n) is 7.88. The molecule has 2 aromatic rings. The van der Waals surface area contributed by atoms with Crippen LogP contribution in [0.3, 0.4) is 0 Å². The first-order valence-electron chi connectivity index (χ1n) is 9.85. The number of benzene rings is 2. The van der Waals surface area contributed by atoms with Gasteiger partial charge in [-0.25, -0.2) is 0 Å². The zero-order chi connectivity index (χ0) is 18.9.